The van der Waals surface area contributed by atoms with Crippen LogP contribution in [0.2, 0.25) is 0 Å². The number of hydrogen-bond donors (Lipinski definition) is 2. The predicted octanol–water partition coefficient (Wildman–Crippen LogP) is 3.80. The van der Waals surface area contributed by atoms with E-state index in [2.05, 4.69) is 10.6 Å². The maximum Gasteiger partial charge on any atom is 0.344 e. The molecule has 4 aliphatic rings. The molecule has 41 heavy (non-hydrogen) atoms. The highest BCUT2D eigenvalue weighted by molar-refractivity contribution is 6.04. The van der Waals surface area contributed by atoms with Gasteiger partial charge in [-0.2, -0.15) is 0 Å². The van der Waals surface area contributed by atoms with E-state index in [4.69, 9.17) is 14.2 Å². The normalized spacial score (nSPS) is 25.5. The number of esters is 2. The number of hydrogen-bond acceptors (Lipinski definition) is 9. The average molecular weight is 557 g/mol. The molecule has 2 heterocycles. The minimum atomic E-state index is -0.894. The average Bonchev–Trinajstić information content (AvgIpc) is 2.96. The zero-order valence-corrected chi connectivity index (χ0v) is 23.8. The lowest BCUT2D eigenvalue weighted by atomic mass is 9.75. The van der Waals surface area contributed by atoms with Crippen molar-refractivity contribution in [2.45, 2.75) is 27.7 Å². The van der Waals surface area contributed by atoms with Crippen molar-refractivity contribution in [3.05, 3.63) is 105 Å². The summed E-state index contributed by atoms with van der Waals surface area (Å²) in [6.45, 7) is 6.99. The van der Waals surface area contributed by atoms with Crippen LogP contribution in [-0.4, -0.2) is 38.0 Å². The molecule has 0 spiro atoms. The summed E-state index contributed by atoms with van der Waals surface area (Å²) in [4.78, 5) is 51.3. The summed E-state index contributed by atoms with van der Waals surface area (Å²) < 4.78 is 16.9. The van der Waals surface area contributed by atoms with E-state index in [1.165, 1.54) is 14.2 Å². The lowest BCUT2D eigenvalue weighted by Crippen LogP contribution is -2.38. The largest absolute Gasteiger partial charge is 0.499 e. The Labute approximate surface area is 238 Å². The van der Waals surface area contributed by atoms with E-state index in [-0.39, 0.29) is 11.1 Å². The van der Waals surface area contributed by atoms with E-state index in [0.717, 1.165) is 0 Å². The number of carbonyl (C=O) groups is 2. The number of dihydropyridines is 2. The first-order valence-corrected chi connectivity index (χ1v) is 13.1. The van der Waals surface area contributed by atoms with Crippen molar-refractivity contribution < 1.29 is 33.4 Å². The SMILES string of the molecule is COC1=C(C)NC(C)=C(C(=O)OC(=O)C2=C(C)NC(C)=C(OC)C2C2C=CC=CC2=C=O)C1C1C=CC=CC1=C=O. The first-order valence-electron chi connectivity index (χ1n) is 13.1. The van der Waals surface area contributed by atoms with Crippen molar-refractivity contribution in [3.63, 3.8) is 0 Å². The fraction of sp³-hybridized carbons (Fsp3) is 0.312. The Morgan fingerprint density at radius 3 is 1.39 bits per heavy atom. The summed E-state index contributed by atoms with van der Waals surface area (Å²) in [6, 6.07) is 0. The zero-order chi connectivity index (χ0) is 29.8. The highest BCUT2D eigenvalue weighted by Crippen LogP contribution is 2.43. The number of rotatable bonds is 6. The second-order valence-corrected chi connectivity index (χ2v) is 10.0. The molecule has 0 amide bonds. The number of allylic oxidation sites excluding steroid dienone is 16. The van der Waals surface area contributed by atoms with Gasteiger partial charge < -0.3 is 24.8 Å². The van der Waals surface area contributed by atoms with E-state index in [1.807, 2.05) is 11.9 Å². The number of methoxy groups -OCH3 is 2. The number of ether oxygens (including phenoxy) is 3. The third-order valence-electron chi connectivity index (χ3n) is 7.63. The molecule has 0 saturated carbocycles. The zero-order valence-electron chi connectivity index (χ0n) is 23.8. The van der Waals surface area contributed by atoms with Gasteiger partial charge in [-0.3, -0.25) is 0 Å². The standard InChI is InChI=1S/C32H32N2O7/c1-17-25(27(29(39-5)19(3)33-17)23-13-9-7-11-21(23)15-35)31(37)41-32(38)26-18(2)34-20(4)30(40-6)28(26)24-14-10-8-12-22(24)16-36/h7-14,23-24,27-28,33-34H,1-6H3. The summed E-state index contributed by atoms with van der Waals surface area (Å²) in [7, 11) is 2.96. The molecule has 4 unspecified atom stereocenters. The van der Waals surface area contributed by atoms with Gasteiger partial charge in [-0.05, 0) is 39.8 Å². The highest BCUT2D eigenvalue weighted by atomic mass is 16.6. The van der Waals surface area contributed by atoms with Crippen LogP contribution in [0.5, 0.6) is 0 Å². The van der Waals surface area contributed by atoms with Crippen LogP contribution in [0.3, 0.4) is 0 Å². The van der Waals surface area contributed by atoms with Crippen LogP contribution in [0, 0.1) is 23.7 Å². The molecule has 0 radical (unpaired) electrons. The Bertz CT molecular complexity index is 1420. The van der Waals surface area contributed by atoms with E-state index in [1.54, 1.807) is 76.3 Å². The Morgan fingerprint density at radius 1 is 0.659 bits per heavy atom. The minimum absolute atomic E-state index is 0.143. The fourth-order valence-corrected chi connectivity index (χ4v) is 5.92. The third kappa shape index (κ3) is 5.33. The fourth-order valence-electron chi connectivity index (χ4n) is 5.92. The molecule has 0 saturated heterocycles. The van der Waals surface area contributed by atoms with E-state index in [0.29, 0.717) is 45.5 Å². The van der Waals surface area contributed by atoms with Gasteiger partial charge in [0.05, 0.1) is 48.6 Å². The molecular formula is C32H32N2O7. The summed E-state index contributed by atoms with van der Waals surface area (Å²) in [5.74, 6) is 0.343. The lowest BCUT2D eigenvalue weighted by molar-refractivity contribution is -0.155. The van der Waals surface area contributed by atoms with Gasteiger partial charge in [0.2, 0.25) is 0 Å². The maximum atomic E-state index is 13.9. The molecule has 2 N–H and O–H groups in total. The smallest absolute Gasteiger partial charge is 0.344 e. The van der Waals surface area contributed by atoms with Gasteiger partial charge in [-0.25, -0.2) is 19.2 Å². The molecule has 0 aromatic carbocycles. The van der Waals surface area contributed by atoms with Gasteiger partial charge in [0.15, 0.2) is 0 Å². The van der Waals surface area contributed by atoms with E-state index >= 15 is 0 Å². The maximum absolute atomic E-state index is 13.9. The van der Waals surface area contributed by atoms with Crippen molar-refractivity contribution in [1.82, 2.24) is 10.6 Å². The summed E-state index contributed by atoms with van der Waals surface area (Å²) in [5, 5.41) is 6.26. The Kier molecular flexibility index (Phi) is 8.62. The molecule has 2 aliphatic carbocycles. The monoisotopic (exact) mass is 556 g/mol. The van der Waals surface area contributed by atoms with E-state index < -0.39 is 35.6 Å². The number of carbonyl (C=O) groups excluding carboxylic acids is 4. The Hall–Kier alpha value is -4.84. The summed E-state index contributed by atoms with van der Waals surface area (Å²) in [6.07, 6.45) is 13.8. The van der Waals surface area contributed by atoms with Gasteiger partial charge in [-0.1, -0.05) is 36.5 Å². The second-order valence-electron chi connectivity index (χ2n) is 10.0. The number of nitrogens with one attached hydrogen (secondary N) is 2. The van der Waals surface area contributed by atoms with Crippen molar-refractivity contribution in [2.75, 3.05) is 14.2 Å². The summed E-state index contributed by atoms with van der Waals surface area (Å²) in [5.41, 5.74) is 3.20. The predicted molar refractivity (Wildman–Crippen MR) is 151 cm³/mol. The molecule has 4 atom stereocenters. The van der Waals surface area contributed by atoms with Gasteiger partial charge in [0.1, 0.15) is 23.4 Å². The highest BCUT2D eigenvalue weighted by Gasteiger charge is 2.44. The molecule has 212 valence electrons. The van der Waals surface area contributed by atoms with E-state index in [9.17, 15) is 19.2 Å². The van der Waals surface area contributed by atoms with Crippen LogP contribution < -0.4 is 10.6 Å². The van der Waals surface area contributed by atoms with Crippen molar-refractivity contribution >= 4 is 23.8 Å². The van der Waals surface area contributed by atoms with Gasteiger partial charge in [0, 0.05) is 34.4 Å². The Morgan fingerprint density at radius 2 is 1.05 bits per heavy atom. The van der Waals surface area contributed by atoms with Crippen molar-refractivity contribution in [3.8, 4) is 0 Å². The second kappa shape index (κ2) is 12.1. The lowest BCUT2D eigenvalue weighted by Gasteiger charge is -2.35. The minimum Gasteiger partial charge on any atom is -0.499 e. The first kappa shape index (κ1) is 29.2. The quantitative estimate of drug-likeness (QED) is 0.286. The molecule has 0 aromatic heterocycles. The topological polar surface area (TPSA) is 120 Å². The van der Waals surface area contributed by atoms with Crippen LogP contribution in [0.25, 0.3) is 0 Å². The Balaban J connectivity index is 1.74. The van der Waals surface area contributed by atoms with Crippen LogP contribution in [-0.2, 0) is 33.4 Å². The molecule has 2 aliphatic heterocycles. The molecule has 9 heteroatoms. The molecular weight excluding hydrogens is 524 g/mol. The van der Waals surface area contributed by atoms with Gasteiger partial charge in [-0.15, -0.1) is 0 Å². The molecule has 9 nitrogen and oxygen atoms in total. The molecule has 0 aromatic rings. The van der Waals surface area contributed by atoms with Crippen molar-refractivity contribution in [1.29, 1.82) is 0 Å². The first-order chi connectivity index (χ1) is 19.7. The van der Waals surface area contributed by atoms with Crippen LogP contribution in [0.1, 0.15) is 27.7 Å². The molecule has 4 rings (SSSR count). The molecule has 0 bridgehead atoms. The van der Waals surface area contributed by atoms with Crippen LogP contribution >= 0.6 is 0 Å². The molecule has 0 fully saturated rings. The van der Waals surface area contributed by atoms with Crippen LogP contribution in [0.4, 0.5) is 0 Å². The van der Waals surface area contributed by atoms with Gasteiger partial charge >= 0.3 is 11.9 Å². The third-order valence-corrected chi connectivity index (χ3v) is 7.63. The van der Waals surface area contributed by atoms with Crippen molar-refractivity contribution in [2.24, 2.45) is 23.7 Å². The van der Waals surface area contributed by atoms with Gasteiger partial charge in [0.25, 0.3) is 0 Å². The summed E-state index contributed by atoms with van der Waals surface area (Å²) >= 11 is 0. The van der Waals surface area contributed by atoms with Crippen LogP contribution in [0.15, 0.2) is 105 Å².